The molecule has 0 unspecified atom stereocenters. The molecule has 3 aromatic rings. The molecule has 0 aliphatic carbocycles. The molecule has 0 aromatic carbocycles. The van der Waals surface area contributed by atoms with Crippen LogP contribution >= 0.6 is 38.6 Å². The molecule has 4 N–H and O–H groups in total. The molecule has 98 valence electrons. The van der Waals surface area contributed by atoms with Gasteiger partial charge >= 0.3 is 0 Å². The Labute approximate surface area is 126 Å². The molecule has 0 saturated heterocycles. The number of aromatic nitrogens is 2. The maximum absolute atomic E-state index is 5.39. The number of thiophene rings is 2. The molecule has 3 aromatic heterocycles. The molecule has 8 heteroatoms. The van der Waals surface area contributed by atoms with Gasteiger partial charge in [0.05, 0.1) is 11.9 Å². The number of nitrogens with one attached hydrogen (secondary N) is 2. The first-order valence-electron chi connectivity index (χ1n) is 5.45. The molecule has 0 aliphatic heterocycles. The van der Waals surface area contributed by atoms with Crippen LogP contribution in [0.1, 0.15) is 4.88 Å². The number of anilines is 2. The van der Waals surface area contributed by atoms with Crippen LogP contribution in [0.15, 0.2) is 27.4 Å². The van der Waals surface area contributed by atoms with Gasteiger partial charge in [-0.2, -0.15) is 4.98 Å². The number of rotatable bonds is 4. The highest BCUT2D eigenvalue weighted by atomic mass is 79.9. The third-order valence-electron chi connectivity index (χ3n) is 2.56. The number of hydrogen-bond donors (Lipinski definition) is 3. The van der Waals surface area contributed by atoms with E-state index < -0.39 is 0 Å². The highest BCUT2D eigenvalue weighted by Crippen LogP contribution is 2.28. The van der Waals surface area contributed by atoms with Crippen molar-refractivity contribution in [2.45, 2.75) is 6.54 Å². The quantitative estimate of drug-likeness (QED) is 0.493. The van der Waals surface area contributed by atoms with Gasteiger partial charge in [0.1, 0.15) is 10.6 Å². The van der Waals surface area contributed by atoms with Crippen LogP contribution in [0.4, 0.5) is 11.8 Å². The second-order valence-corrected chi connectivity index (χ2v) is 6.47. The van der Waals surface area contributed by atoms with Gasteiger partial charge in [-0.1, -0.05) is 0 Å². The van der Waals surface area contributed by atoms with Crippen LogP contribution in [-0.4, -0.2) is 9.97 Å². The van der Waals surface area contributed by atoms with Gasteiger partial charge in [-0.05, 0) is 38.8 Å². The van der Waals surface area contributed by atoms with Crippen molar-refractivity contribution >= 4 is 60.6 Å². The van der Waals surface area contributed by atoms with Gasteiger partial charge in [-0.15, -0.1) is 22.7 Å². The summed E-state index contributed by atoms with van der Waals surface area (Å²) in [4.78, 5) is 10.8. The van der Waals surface area contributed by atoms with Crippen LogP contribution in [-0.2, 0) is 6.54 Å². The van der Waals surface area contributed by atoms with E-state index >= 15 is 0 Å². The lowest BCUT2D eigenvalue weighted by molar-refractivity contribution is 1.11. The van der Waals surface area contributed by atoms with Gasteiger partial charge in [0.15, 0.2) is 0 Å². The summed E-state index contributed by atoms with van der Waals surface area (Å²) in [5.74, 6) is 6.60. The predicted molar refractivity (Wildman–Crippen MR) is 84.6 cm³/mol. The summed E-state index contributed by atoms with van der Waals surface area (Å²) in [6.45, 7) is 0.713. The van der Waals surface area contributed by atoms with Crippen molar-refractivity contribution < 1.29 is 0 Å². The van der Waals surface area contributed by atoms with Crippen molar-refractivity contribution in [3.8, 4) is 0 Å². The third-order valence-corrected chi connectivity index (χ3v) is 5.29. The number of hydrazine groups is 1. The Morgan fingerprint density at radius 2 is 2.05 bits per heavy atom. The Hall–Kier alpha value is -1.22. The van der Waals surface area contributed by atoms with E-state index in [1.165, 1.54) is 4.88 Å². The van der Waals surface area contributed by atoms with Crippen molar-refractivity contribution in [1.29, 1.82) is 0 Å². The van der Waals surface area contributed by atoms with Crippen LogP contribution in [0.3, 0.4) is 0 Å². The Bertz CT molecular complexity index is 708. The molecule has 3 rings (SSSR count). The molecule has 0 fully saturated rings. The van der Waals surface area contributed by atoms with Gasteiger partial charge in [-0.3, -0.25) is 5.43 Å². The molecule has 3 heterocycles. The fraction of sp³-hybridized carbons (Fsp3) is 0.0909. The summed E-state index contributed by atoms with van der Waals surface area (Å²) in [7, 11) is 0. The largest absolute Gasteiger partial charge is 0.364 e. The van der Waals surface area contributed by atoms with Crippen LogP contribution < -0.4 is 16.6 Å². The molecule has 0 spiro atoms. The molecule has 0 aliphatic rings. The fourth-order valence-corrected chi connectivity index (χ4v) is 3.87. The second-order valence-electron chi connectivity index (χ2n) is 3.72. The summed E-state index contributed by atoms with van der Waals surface area (Å²) in [6.07, 6.45) is 0. The average molecular weight is 356 g/mol. The lowest BCUT2D eigenvalue weighted by Crippen LogP contribution is -2.12. The van der Waals surface area contributed by atoms with E-state index in [9.17, 15) is 0 Å². The number of nitrogen functional groups attached to an aromatic ring is 1. The van der Waals surface area contributed by atoms with Crippen LogP contribution in [0.2, 0.25) is 0 Å². The van der Waals surface area contributed by atoms with Crippen molar-refractivity contribution in [1.82, 2.24) is 9.97 Å². The molecule has 0 bridgehead atoms. The Morgan fingerprint density at radius 1 is 1.21 bits per heavy atom. The molecular weight excluding hydrogens is 346 g/mol. The molecular formula is C11H10BrN5S2. The van der Waals surface area contributed by atoms with Gasteiger partial charge < -0.3 is 5.32 Å². The molecule has 0 atom stereocenters. The minimum absolute atomic E-state index is 0.419. The van der Waals surface area contributed by atoms with E-state index in [1.54, 1.807) is 22.7 Å². The summed E-state index contributed by atoms with van der Waals surface area (Å²) >= 11 is 6.78. The average Bonchev–Trinajstić information content (AvgIpc) is 3.04. The van der Waals surface area contributed by atoms with Crippen molar-refractivity contribution in [3.05, 3.63) is 32.2 Å². The predicted octanol–water partition coefficient (Wildman–Crippen LogP) is 3.41. The molecule has 0 saturated carbocycles. The Morgan fingerprint density at radius 3 is 2.79 bits per heavy atom. The van der Waals surface area contributed by atoms with Gasteiger partial charge in [0.2, 0.25) is 5.95 Å². The lowest BCUT2D eigenvalue weighted by atomic mass is 10.3. The van der Waals surface area contributed by atoms with Crippen molar-refractivity contribution in [2.24, 2.45) is 5.84 Å². The summed E-state index contributed by atoms with van der Waals surface area (Å²) < 4.78 is 1.11. The van der Waals surface area contributed by atoms with Crippen LogP contribution in [0, 0.1) is 0 Å². The van der Waals surface area contributed by atoms with Crippen LogP contribution in [0.5, 0.6) is 0 Å². The summed E-state index contributed by atoms with van der Waals surface area (Å²) in [6, 6.07) is 4.04. The number of hydrogen-bond acceptors (Lipinski definition) is 7. The van der Waals surface area contributed by atoms with E-state index in [1.807, 2.05) is 22.9 Å². The minimum atomic E-state index is 0.419. The summed E-state index contributed by atoms with van der Waals surface area (Å²) in [5, 5.41) is 8.38. The highest BCUT2D eigenvalue weighted by Gasteiger charge is 2.09. The van der Waals surface area contributed by atoms with E-state index in [0.29, 0.717) is 12.5 Å². The first kappa shape index (κ1) is 12.8. The normalized spacial score (nSPS) is 10.8. The van der Waals surface area contributed by atoms with E-state index in [0.717, 1.165) is 20.5 Å². The molecule has 0 radical (unpaired) electrons. The number of nitrogens with two attached hydrogens (primary N) is 1. The topological polar surface area (TPSA) is 75.9 Å². The van der Waals surface area contributed by atoms with Gasteiger partial charge in [-0.25, -0.2) is 10.8 Å². The zero-order valence-electron chi connectivity index (χ0n) is 9.68. The number of halogens is 1. The second kappa shape index (κ2) is 5.41. The van der Waals surface area contributed by atoms with Gasteiger partial charge in [0.25, 0.3) is 0 Å². The van der Waals surface area contributed by atoms with Crippen molar-refractivity contribution in [2.75, 3.05) is 10.7 Å². The first-order chi connectivity index (χ1) is 9.28. The standard InChI is InChI=1S/C11H10BrN5S2/c12-7-2-4-18-8(7)5-14-9-6-1-3-19-10(6)16-11(15-9)17-13/h1-4H,5,13H2,(H2,14,15,16,17). The smallest absolute Gasteiger partial charge is 0.240 e. The third kappa shape index (κ3) is 2.57. The molecule has 19 heavy (non-hydrogen) atoms. The molecule has 5 nitrogen and oxygen atoms in total. The fourth-order valence-electron chi connectivity index (χ4n) is 1.67. The SMILES string of the molecule is NNc1nc(NCc2sccc2Br)c2ccsc2n1. The zero-order chi connectivity index (χ0) is 13.2. The lowest BCUT2D eigenvalue weighted by Gasteiger charge is -2.07. The first-order valence-corrected chi connectivity index (χ1v) is 8.01. The minimum Gasteiger partial charge on any atom is -0.364 e. The number of fused-ring (bicyclic) bond motifs is 1. The Kier molecular flexibility index (Phi) is 3.65. The molecule has 0 amide bonds. The van der Waals surface area contributed by atoms with E-state index in [4.69, 9.17) is 5.84 Å². The Balaban J connectivity index is 1.91. The monoisotopic (exact) mass is 355 g/mol. The summed E-state index contributed by atoms with van der Waals surface area (Å²) in [5.41, 5.74) is 2.49. The number of nitrogens with zero attached hydrogens (tertiary/aromatic N) is 2. The van der Waals surface area contributed by atoms with Crippen molar-refractivity contribution in [3.63, 3.8) is 0 Å². The van der Waals surface area contributed by atoms with Gasteiger partial charge in [0, 0.05) is 9.35 Å². The maximum Gasteiger partial charge on any atom is 0.240 e. The maximum atomic E-state index is 5.39. The van der Waals surface area contributed by atoms with E-state index in [-0.39, 0.29) is 0 Å². The zero-order valence-corrected chi connectivity index (χ0v) is 12.9. The van der Waals surface area contributed by atoms with E-state index in [2.05, 4.69) is 36.6 Å². The van der Waals surface area contributed by atoms with Crippen LogP contribution in [0.25, 0.3) is 10.2 Å². The highest BCUT2D eigenvalue weighted by molar-refractivity contribution is 9.10.